The molecule has 0 radical (unpaired) electrons. The van der Waals surface area contributed by atoms with Crippen LogP contribution in [-0.4, -0.2) is 34.8 Å². The van der Waals surface area contributed by atoms with Crippen LogP contribution in [0.4, 0.5) is 0 Å². The molecule has 17 heavy (non-hydrogen) atoms. The number of hydrogen-bond acceptors (Lipinski definition) is 3. The minimum atomic E-state index is -0.856. The van der Waals surface area contributed by atoms with Gasteiger partial charge < -0.3 is 16.4 Å². The van der Waals surface area contributed by atoms with E-state index in [0.717, 1.165) is 12.8 Å². The molecule has 1 atom stereocenters. The highest BCUT2D eigenvalue weighted by molar-refractivity contribution is 5.91. The molecule has 2 amide bonds. The number of carbonyl (C=O) groups excluding carboxylic acids is 2. The first-order valence-electron chi connectivity index (χ1n) is 6.35. The third-order valence-corrected chi connectivity index (χ3v) is 3.78. The number of carbonyl (C=O) groups is 2. The summed E-state index contributed by atoms with van der Waals surface area (Å²) >= 11 is 0. The Hall–Kier alpha value is -1.10. The standard InChI is InChI=1S/C12H23N3O2/c1-3-12(14,4-2)11(17)15-8-6-5-7-9(15)10(13)16/h9H,3-8,14H2,1-2H3,(H2,13,16). The van der Waals surface area contributed by atoms with Gasteiger partial charge in [-0.15, -0.1) is 0 Å². The Morgan fingerprint density at radius 3 is 2.35 bits per heavy atom. The summed E-state index contributed by atoms with van der Waals surface area (Å²) in [6.07, 6.45) is 3.66. The summed E-state index contributed by atoms with van der Waals surface area (Å²) in [5.41, 5.74) is 10.6. The molecule has 0 aromatic rings. The predicted molar refractivity (Wildman–Crippen MR) is 66.0 cm³/mol. The lowest BCUT2D eigenvalue weighted by molar-refractivity contribution is -0.145. The van der Waals surface area contributed by atoms with Crippen molar-refractivity contribution in [2.24, 2.45) is 11.5 Å². The third-order valence-electron chi connectivity index (χ3n) is 3.78. The second-order valence-electron chi connectivity index (χ2n) is 4.78. The van der Waals surface area contributed by atoms with Crippen molar-refractivity contribution in [1.29, 1.82) is 0 Å². The molecule has 0 saturated carbocycles. The highest BCUT2D eigenvalue weighted by Crippen LogP contribution is 2.23. The van der Waals surface area contributed by atoms with Crippen LogP contribution in [0.25, 0.3) is 0 Å². The highest BCUT2D eigenvalue weighted by atomic mass is 16.2. The molecule has 1 heterocycles. The fourth-order valence-electron chi connectivity index (χ4n) is 2.31. The van der Waals surface area contributed by atoms with E-state index in [4.69, 9.17) is 11.5 Å². The van der Waals surface area contributed by atoms with Crippen molar-refractivity contribution in [1.82, 2.24) is 4.90 Å². The first-order valence-corrected chi connectivity index (χ1v) is 6.35. The van der Waals surface area contributed by atoms with E-state index in [2.05, 4.69) is 0 Å². The summed E-state index contributed by atoms with van der Waals surface area (Å²) in [4.78, 5) is 25.3. The number of amides is 2. The van der Waals surface area contributed by atoms with E-state index in [0.29, 0.717) is 25.8 Å². The lowest BCUT2D eigenvalue weighted by Gasteiger charge is -2.39. The molecule has 5 nitrogen and oxygen atoms in total. The van der Waals surface area contributed by atoms with Crippen molar-refractivity contribution < 1.29 is 9.59 Å². The molecule has 1 rings (SSSR count). The molecule has 0 aliphatic carbocycles. The van der Waals surface area contributed by atoms with Crippen molar-refractivity contribution in [3.63, 3.8) is 0 Å². The second kappa shape index (κ2) is 5.49. The molecule has 4 N–H and O–H groups in total. The largest absolute Gasteiger partial charge is 0.368 e. The summed E-state index contributed by atoms with van der Waals surface area (Å²) in [6, 6.07) is -0.475. The van der Waals surface area contributed by atoms with Crippen LogP contribution in [0, 0.1) is 0 Å². The molecule has 0 spiro atoms. The van der Waals surface area contributed by atoms with E-state index in [1.807, 2.05) is 13.8 Å². The van der Waals surface area contributed by atoms with E-state index < -0.39 is 17.5 Å². The monoisotopic (exact) mass is 241 g/mol. The lowest BCUT2D eigenvalue weighted by Crippen LogP contribution is -2.60. The van der Waals surface area contributed by atoms with Crippen molar-refractivity contribution in [2.45, 2.75) is 57.5 Å². The molecule has 0 aromatic heterocycles. The number of likely N-dealkylation sites (tertiary alicyclic amines) is 1. The van der Waals surface area contributed by atoms with Crippen LogP contribution >= 0.6 is 0 Å². The first kappa shape index (κ1) is 14.0. The molecule has 1 fully saturated rings. The number of rotatable bonds is 4. The van der Waals surface area contributed by atoms with Gasteiger partial charge in [-0.05, 0) is 32.1 Å². The zero-order chi connectivity index (χ0) is 13.1. The predicted octanol–water partition coefficient (Wildman–Crippen LogP) is 0.370. The van der Waals surface area contributed by atoms with Gasteiger partial charge in [0, 0.05) is 6.54 Å². The third kappa shape index (κ3) is 2.77. The molecular formula is C12H23N3O2. The number of primary amides is 1. The van der Waals surface area contributed by atoms with Gasteiger partial charge in [-0.25, -0.2) is 0 Å². The van der Waals surface area contributed by atoms with Crippen molar-refractivity contribution in [2.75, 3.05) is 6.54 Å². The van der Waals surface area contributed by atoms with Crippen LogP contribution < -0.4 is 11.5 Å². The Balaban J connectivity index is 2.88. The Kier molecular flexibility index (Phi) is 4.51. The van der Waals surface area contributed by atoms with E-state index in [1.54, 1.807) is 4.90 Å². The van der Waals surface area contributed by atoms with E-state index >= 15 is 0 Å². The van der Waals surface area contributed by atoms with Gasteiger partial charge in [0.05, 0.1) is 5.54 Å². The van der Waals surface area contributed by atoms with Crippen LogP contribution in [0.3, 0.4) is 0 Å². The smallest absolute Gasteiger partial charge is 0.243 e. The molecule has 1 unspecified atom stereocenters. The quantitative estimate of drug-likeness (QED) is 0.745. The van der Waals surface area contributed by atoms with E-state index in [9.17, 15) is 9.59 Å². The molecule has 5 heteroatoms. The highest BCUT2D eigenvalue weighted by Gasteiger charge is 2.39. The molecule has 1 aliphatic rings. The summed E-state index contributed by atoms with van der Waals surface area (Å²) in [5.74, 6) is -0.557. The van der Waals surface area contributed by atoms with Gasteiger partial charge in [-0.3, -0.25) is 9.59 Å². The van der Waals surface area contributed by atoms with Crippen LogP contribution in [0.2, 0.25) is 0 Å². The van der Waals surface area contributed by atoms with Gasteiger partial charge in [0.15, 0.2) is 0 Å². The average Bonchev–Trinajstić information content (AvgIpc) is 2.36. The maximum Gasteiger partial charge on any atom is 0.243 e. The maximum absolute atomic E-state index is 12.4. The Morgan fingerprint density at radius 1 is 1.29 bits per heavy atom. The fourth-order valence-corrected chi connectivity index (χ4v) is 2.31. The topological polar surface area (TPSA) is 89.4 Å². The molecule has 1 saturated heterocycles. The first-order chi connectivity index (χ1) is 7.96. The summed E-state index contributed by atoms with van der Waals surface area (Å²) < 4.78 is 0. The Labute approximate surface area is 103 Å². The zero-order valence-corrected chi connectivity index (χ0v) is 10.7. The number of nitrogens with zero attached hydrogens (tertiary/aromatic N) is 1. The van der Waals surface area contributed by atoms with E-state index in [1.165, 1.54) is 0 Å². The van der Waals surface area contributed by atoms with Gasteiger partial charge in [0.1, 0.15) is 6.04 Å². The second-order valence-corrected chi connectivity index (χ2v) is 4.78. The fraction of sp³-hybridized carbons (Fsp3) is 0.833. The van der Waals surface area contributed by atoms with Crippen LogP contribution in [0.15, 0.2) is 0 Å². The van der Waals surface area contributed by atoms with Gasteiger partial charge in [-0.2, -0.15) is 0 Å². The van der Waals surface area contributed by atoms with Gasteiger partial charge in [0.2, 0.25) is 11.8 Å². The number of nitrogens with two attached hydrogens (primary N) is 2. The number of hydrogen-bond donors (Lipinski definition) is 2. The summed E-state index contributed by atoms with van der Waals surface area (Å²) in [7, 11) is 0. The van der Waals surface area contributed by atoms with Crippen molar-refractivity contribution in [3.8, 4) is 0 Å². The molecule has 0 bridgehead atoms. The Morgan fingerprint density at radius 2 is 1.88 bits per heavy atom. The van der Waals surface area contributed by atoms with Crippen molar-refractivity contribution in [3.05, 3.63) is 0 Å². The van der Waals surface area contributed by atoms with Crippen LogP contribution in [0.1, 0.15) is 46.0 Å². The minimum Gasteiger partial charge on any atom is -0.368 e. The number of piperidine rings is 1. The summed E-state index contributed by atoms with van der Waals surface area (Å²) in [5, 5.41) is 0. The maximum atomic E-state index is 12.4. The van der Waals surface area contributed by atoms with Gasteiger partial charge in [0.25, 0.3) is 0 Å². The molecule has 98 valence electrons. The Bertz CT molecular complexity index is 300. The molecule has 1 aliphatic heterocycles. The zero-order valence-electron chi connectivity index (χ0n) is 10.7. The van der Waals surface area contributed by atoms with Gasteiger partial charge >= 0.3 is 0 Å². The van der Waals surface area contributed by atoms with Crippen LogP contribution in [-0.2, 0) is 9.59 Å². The minimum absolute atomic E-state index is 0.133. The molecular weight excluding hydrogens is 218 g/mol. The summed E-state index contributed by atoms with van der Waals surface area (Å²) in [6.45, 7) is 4.38. The average molecular weight is 241 g/mol. The van der Waals surface area contributed by atoms with Crippen molar-refractivity contribution >= 4 is 11.8 Å². The molecule has 0 aromatic carbocycles. The lowest BCUT2D eigenvalue weighted by atomic mass is 9.90. The van der Waals surface area contributed by atoms with Crippen LogP contribution in [0.5, 0.6) is 0 Å². The van der Waals surface area contributed by atoms with E-state index in [-0.39, 0.29) is 5.91 Å². The normalized spacial score (nSPS) is 21.4. The SMILES string of the molecule is CCC(N)(CC)C(=O)N1CCCCC1C(N)=O. The van der Waals surface area contributed by atoms with Gasteiger partial charge in [-0.1, -0.05) is 13.8 Å².